The van der Waals surface area contributed by atoms with Crippen LogP contribution in [0.15, 0.2) is 5.16 Å². The molecule has 0 aromatic heterocycles. The minimum atomic E-state index is 0.0393. The van der Waals surface area contributed by atoms with E-state index in [1.165, 1.54) is 0 Å². The highest BCUT2D eigenvalue weighted by atomic mass is 16.5. The number of rotatable bonds is 4. The molecule has 14 heavy (non-hydrogen) atoms. The molecule has 5 nitrogen and oxygen atoms in total. The number of oxime groups is 1. The van der Waals surface area contributed by atoms with Gasteiger partial charge < -0.3 is 21.0 Å². The van der Waals surface area contributed by atoms with Crippen molar-refractivity contribution in [3.8, 4) is 0 Å². The molecule has 2 atom stereocenters. The van der Waals surface area contributed by atoms with E-state index in [0.717, 1.165) is 19.6 Å². The first-order chi connectivity index (χ1) is 6.57. The fourth-order valence-corrected chi connectivity index (χ4v) is 1.41. The molecule has 1 saturated heterocycles. The van der Waals surface area contributed by atoms with E-state index in [4.69, 9.17) is 15.7 Å². The third-order valence-corrected chi connectivity index (χ3v) is 2.67. The van der Waals surface area contributed by atoms with Crippen molar-refractivity contribution >= 4 is 5.84 Å². The van der Waals surface area contributed by atoms with Crippen molar-refractivity contribution in [1.29, 1.82) is 0 Å². The van der Waals surface area contributed by atoms with E-state index in [2.05, 4.69) is 17.4 Å². The normalized spacial score (nSPS) is 30.6. The van der Waals surface area contributed by atoms with Gasteiger partial charge in [0.25, 0.3) is 0 Å². The van der Waals surface area contributed by atoms with Crippen LogP contribution >= 0.6 is 0 Å². The molecule has 0 aromatic rings. The molecule has 1 fully saturated rings. The molecule has 1 aliphatic heterocycles. The minimum Gasteiger partial charge on any atom is -0.409 e. The number of nitrogens with two attached hydrogens (primary N) is 1. The summed E-state index contributed by atoms with van der Waals surface area (Å²) in [5.41, 5.74) is 5.52. The second-order valence-electron chi connectivity index (χ2n) is 4.17. The van der Waals surface area contributed by atoms with Crippen LogP contribution in [-0.2, 0) is 4.74 Å². The molecule has 0 amide bonds. The van der Waals surface area contributed by atoms with Crippen molar-refractivity contribution in [2.45, 2.75) is 25.8 Å². The molecule has 0 aromatic carbocycles. The first-order valence-electron chi connectivity index (χ1n) is 4.87. The predicted octanol–water partition coefficient (Wildman–Crippen LogP) is 0.138. The maximum absolute atomic E-state index is 8.47. The molecule has 1 heterocycles. The molecular formula is C9H19N3O2. The van der Waals surface area contributed by atoms with Crippen LogP contribution in [0.3, 0.4) is 0 Å². The summed E-state index contributed by atoms with van der Waals surface area (Å²) in [5.74, 6) is 0.303. The molecule has 5 heteroatoms. The molecule has 0 radical (unpaired) electrons. The maximum Gasteiger partial charge on any atom is 0.143 e. The molecule has 0 aliphatic carbocycles. The van der Waals surface area contributed by atoms with Gasteiger partial charge in [0.1, 0.15) is 5.84 Å². The van der Waals surface area contributed by atoms with E-state index in [-0.39, 0.29) is 17.3 Å². The maximum atomic E-state index is 8.47. The fourth-order valence-electron chi connectivity index (χ4n) is 1.41. The van der Waals surface area contributed by atoms with Crippen LogP contribution in [0.5, 0.6) is 0 Å². The number of nitrogens with one attached hydrogen (secondary N) is 1. The van der Waals surface area contributed by atoms with Gasteiger partial charge in [-0.1, -0.05) is 12.1 Å². The van der Waals surface area contributed by atoms with Gasteiger partial charge in [-0.15, -0.1) is 0 Å². The SMILES string of the molecule is CC(CNC1(C)CCOC1)C(N)=NO. The molecule has 4 N–H and O–H groups in total. The molecule has 82 valence electrons. The Morgan fingerprint density at radius 2 is 2.50 bits per heavy atom. The number of ether oxygens (including phenoxy) is 1. The monoisotopic (exact) mass is 201 g/mol. The average molecular weight is 201 g/mol. The summed E-state index contributed by atoms with van der Waals surface area (Å²) < 4.78 is 5.31. The minimum absolute atomic E-state index is 0.0393. The standard InChI is InChI=1S/C9H19N3O2/c1-7(8(10)12-13)5-11-9(2)3-4-14-6-9/h7,11,13H,3-6H2,1-2H3,(H2,10,12). The van der Waals surface area contributed by atoms with Crippen LogP contribution in [0.4, 0.5) is 0 Å². The summed E-state index contributed by atoms with van der Waals surface area (Å²) in [5, 5.41) is 14.8. The van der Waals surface area contributed by atoms with Crippen molar-refractivity contribution < 1.29 is 9.94 Å². The van der Waals surface area contributed by atoms with Crippen LogP contribution in [0.1, 0.15) is 20.3 Å². The van der Waals surface area contributed by atoms with Crippen LogP contribution in [0, 0.1) is 5.92 Å². The zero-order valence-electron chi connectivity index (χ0n) is 8.79. The molecule has 2 unspecified atom stereocenters. The number of amidine groups is 1. The van der Waals surface area contributed by atoms with Crippen LogP contribution in [0.25, 0.3) is 0 Å². The molecule has 1 aliphatic rings. The highest BCUT2D eigenvalue weighted by Gasteiger charge is 2.29. The van der Waals surface area contributed by atoms with Crippen molar-refractivity contribution in [1.82, 2.24) is 5.32 Å². The van der Waals surface area contributed by atoms with Crippen molar-refractivity contribution in [3.05, 3.63) is 0 Å². The number of hydrogen-bond acceptors (Lipinski definition) is 4. The van der Waals surface area contributed by atoms with E-state index in [0.29, 0.717) is 6.54 Å². The molecule has 0 bridgehead atoms. The van der Waals surface area contributed by atoms with Crippen LogP contribution in [-0.4, -0.2) is 36.3 Å². The van der Waals surface area contributed by atoms with Gasteiger partial charge in [-0.3, -0.25) is 0 Å². The summed E-state index contributed by atoms with van der Waals surface area (Å²) in [7, 11) is 0. The first-order valence-corrected chi connectivity index (χ1v) is 4.87. The summed E-state index contributed by atoms with van der Waals surface area (Å²) in [6.07, 6.45) is 1.01. The number of nitrogens with zero attached hydrogens (tertiary/aromatic N) is 1. The van der Waals surface area contributed by atoms with E-state index < -0.39 is 0 Å². The Morgan fingerprint density at radius 1 is 1.79 bits per heavy atom. The highest BCUT2D eigenvalue weighted by Crippen LogP contribution is 2.17. The Bertz CT molecular complexity index is 212. The van der Waals surface area contributed by atoms with Crippen molar-refractivity contribution in [3.63, 3.8) is 0 Å². The summed E-state index contributed by atoms with van der Waals surface area (Å²) in [6, 6.07) is 0. The zero-order valence-corrected chi connectivity index (χ0v) is 8.79. The van der Waals surface area contributed by atoms with Crippen LogP contribution < -0.4 is 11.1 Å². The summed E-state index contributed by atoms with van der Waals surface area (Å²) in [4.78, 5) is 0. The smallest absolute Gasteiger partial charge is 0.143 e. The number of hydrogen-bond donors (Lipinski definition) is 3. The van der Waals surface area contributed by atoms with Crippen LogP contribution in [0.2, 0.25) is 0 Å². The van der Waals surface area contributed by atoms with Gasteiger partial charge >= 0.3 is 0 Å². The van der Waals surface area contributed by atoms with Gasteiger partial charge in [0.15, 0.2) is 0 Å². The van der Waals surface area contributed by atoms with E-state index in [1.54, 1.807) is 0 Å². The van der Waals surface area contributed by atoms with E-state index in [9.17, 15) is 0 Å². The zero-order chi connectivity index (χ0) is 10.6. The van der Waals surface area contributed by atoms with Gasteiger partial charge in [-0.25, -0.2) is 0 Å². The quantitative estimate of drug-likeness (QED) is 0.261. The Hall–Kier alpha value is -0.810. The van der Waals surface area contributed by atoms with Gasteiger partial charge in [0.05, 0.1) is 6.61 Å². The van der Waals surface area contributed by atoms with E-state index in [1.807, 2.05) is 6.92 Å². The Balaban J connectivity index is 2.32. The third-order valence-electron chi connectivity index (χ3n) is 2.67. The van der Waals surface area contributed by atoms with Gasteiger partial charge in [0.2, 0.25) is 0 Å². The topological polar surface area (TPSA) is 79.9 Å². The molecule has 1 rings (SSSR count). The predicted molar refractivity (Wildman–Crippen MR) is 54.4 cm³/mol. The molecular weight excluding hydrogens is 182 g/mol. The Morgan fingerprint density at radius 3 is 3.00 bits per heavy atom. The lowest BCUT2D eigenvalue weighted by Gasteiger charge is -2.25. The van der Waals surface area contributed by atoms with Gasteiger partial charge in [-0.05, 0) is 13.3 Å². The lowest BCUT2D eigenvalue weighted by Crippen LogP contribution is -2.46. The molecule has 0 spiro atoms. The van der Waals surface area contributed by atoms with Gasteiger partial charge in [-0.2, -0.15) is 0 Å². The lowest BCUT2D eigenvalue weighted by atomic mass is 10.0. The third kappa shape index (κ3) is 2.85. The summed E-state index contributed by atoms with van der Waals surface area (Å²) in [6.45, 7) is 6.29. The Kier molecular flexibility index (Phi) is 3.71. The Labute approximate surface area is 84.3 Å². The second kappa shape index (κ2) is 4.61. The summed E-state index contributed by atoms with van der Waals surface area (Å²) >= 11 is 0. The van der Waals surface area contributed by atoms with Crippen molar-refractivity contribution in [2.24, 2.45) is 16.8 Å². The second-order valence-corrected chi connectivity index (χ2v) is 4.17. The van der Waals surface area contributed by atoms with Crippen molar-refractivity contribution in [2.75, 3.05) is 19.8 Å². The highest BCUT2D eigenvalue weighted by molar-refractivity contribution is 5.82. The first kappa shape index (κ1) is 11.3. The van der Waals surface area contributed by atoms with E-state index >= 15 is 0 Å². The lowest BCUT2D eigenvalue weighted by molar-refractivity contribution is 0.171. The van der Waals surface area contributed by atoms with Gasteiger partial charge in [0, 0.05) is 24.6 Å². The largest absolute Gasteiger partial charge is 0.409 e. The molecule has 0 saturated carbocycles. The fraction of sp³-hybridized carbons (Fsp3) is 0.889. The average Bonchev–Trinajstić information content (AvgIpc) is 2.61.